The van der Waals surface area contributed by atoms with Gasteiger partial charge in [-0.05, 0) is 38.5 Å². The molecule has 186 valence electrons. The molecule has 0 aromatic rings. The van der Waals surface area contributed by atoms with Crippen LogP contribution >= 0.6 is 0 Å². The number of rotatable bonds is 22. The maximum absolute atomic E-state index is 12.1. The topological polar surface area (TPSA) is 55.4 Å². The lowest BCUT2D eigenvalue weighted by molar-refractivity contribution is -0.155. The second-order valence-corrected chi connectivity index (χ2v) is 9.01. The van der Waals surface area contributed by atoms with Gasteiger partial charge in [0.15, 0.2) is 0 Å². The Labute approximate surface area is 198 Å². The van der Waals surface area contributed by atoms with E-state index >= 15 is 0 Å². The molecule has 0 aliphatic heterocycles. The smallest absolute Gasteiger partial charge is 0.336 e. The van der Waals surface area contributed by atoms with Gasteiger partial charge in [0.05, 0.1) is 0 Å². The highest BCUT2D eigenvalue weighted by Gasteiger charge is 2.18. The van der Waals surface area contributed by atoms with Crippen molar-refractivity contribution in [3.63, 3.8) is 0 Å². The van der Waals surface area contributed by atoms with Crippen molar-refractivity contribution in [3.8, 4) is 0 Å². The van der Waals surface area contributed by atoms with Crippen molar-refractivity contribution in [2.24, 2.45) is 5.92 Å². The van der Waals surface area contributed by atoms with Crippen LogP contribution in [0.25, 0.3) is 0 Å². The quantitative estimate of drug-likeness (QED) is 0.0781. The fourth-order valence-corrected chi connectivity index (χ4v) is 3.97. The normalized spacial score (nSPS) is 12.1. The molecule has 4 nitrogen and oxygen atoms in total. The van der Waals surface area contributed by atoms with E-state index in [0.29, 0.717) is 0 Å². The van der Waals surface area contributed by atoms with Crippen LogP contribution in [0.5, 0.6) is 0 Å². The Kier molecular flexibility index (Phi) is 22.9. The second kappa shape index (κ2) is 24.1. The van der Waals surface area contributed by atoms with Gasteiger partial charge in [0.2, 0.25) is 0 Å². The molecule has 1 amide bonds. The largest absolute Gasteiger partial charge is 0.355 e. The van der Waals surface area contributed by atoms with Gasteiger partial charge in [0, 0.05) is 12.0 Å². The molecule has 0 spiro atoms. The van der Waals surface area contributed by atoms with E-state index in [9.17, 15) is 9.59 Å². The Hall–Kier alpha value is -1.58. The SMILES string of the molecule is C=CC(=O)ONC(=O)C(CCC)CCCCCCCCCCC=CCCCCCCCC. The summed E-state index contributed by atoms with van der Waals surface area (Å²) in [6, 6.07) is 0. The van der Waals surface area contributed by atoms with Gasteiger partial charge < -0.3 is 4.84 Å². The van der Waals surface area contributed by atoms with Gasteiger partial charge in [-0.3, -0.25) is 4.79 Å². The minimum atomic E-state index is -0.627. The number of hydroxylamine groups is 1. The Morgan fingerprint density at radius 3 is 1.72 bits per heavy atom. The third-order valence-electron chi connectivity index (χ3n) is 5.99. The van der Waals surface area contributed by atoms with Crippen LogP contribution in [-0.2, 0) is 14.4 Å². The number of nitrogens with one attached hydrogen (secondary N) is 1. The zero-order valence-electron chi connectivity index (χ0n) is 21.2. The molecule has 0 aliphatic rings. The van der Waals surface area contributed by atoms with Gasteiger partial charge in [-0.25, -0.2) is 4.79 Å². The van der Waals surface area contributed by atoms with Crippen LogP contribution in [0.3, 0.4) is 0 Å². The van der Waals surface area contributed by atoms with Crippen LogP contribution in [0.1, 0.15) is 136 Å². The average Bonchev–Trinajstić information content (AvgIpc) is 2.80. The molecule has 1 unspecified atom stereocenters. The molecule has 0 aromatic carbocycles. The Bertz CT molecular complexity index is 487. The number of amides is 1. The van der Waals surface area contributed by atoms with E-state index in [2.05, 4.69) is 42.9 Å². The molecule has 0 rings (SSSR count). The number of carbonyl (C=O) groups is 2. The standard InChI is InChI=1S/C28H51NO3/c1-4-7-8-9-10-11-12-13-14-15-16-17-18-19-20-21-22-23-25-26(24-5-2)28(31)29-32-27(30)6-3/h6,13-14,26H,3-5,7-12,15-25H2,1-2H3,(H,29,31). The molecular weight excluding hydrogens is 398 g/mol. The van der Waals surface area contributed by atoms with Gasteiger partial charge in [0.25, 0.3) is 5.91 Å². The molecule has 32 heavy (non-hydrogen) atoms. The van der Waals surface area contributed by atoms with E-state index in [0.717, 1.165) is 31.8 Å². The number of unbranched alkanes of at least 4 members (excludes halogenated alkanes) is 14. The fraction of sp³-hybridized carbons (Fsp3) is 0.786. The van der Waals surface area contributed by atoms with Gasteiger partial charge >= 0.3 is 5.97 Å². The van der Waals surface area contributed by atoms with Crippen molar-refractivity contribution in [3.05, 3.63) is 24.8 Å². The highest BCUT2D eigenvalue weighted by molar-refractivity contribution is 5.84. The van der Waals surface area contributed by atoms with Crippen molar-refractivity contribution in [1.82, 2.24) is 5.48 Å². The molecule has 1 atom stereocenters. The first-order valence-electron chi connectivity index (χ1n) is 13.4. The molecule has 0 bridgehead atoms. The zero-order chi connectivity index (χ0) is 23.7. The van der Waals surface area contributed by atoms with Crippen molar-refractivity contribution >= 4 is 11.9 Å². The summed E-state index contributed by atoms with van der Waals surface area (Å²) in [6.07, 6.45) is 29.3. The summed E-state index contributed by atoms with van der Waals surface area (Å²) in [6.45, 7) is 7.66. The minimum absolute atomic E-state index is 0.0771. The Morgan fingerprint density at radius 1 is 0.719 bits per heavy atom. The zero-order valence-corrected chi connectivity index (χ0v) is 21.2. The predicted molar refractivity (Wildman–Crippen MR) is 136 cm³/mol. The summed E-state index contributed by atoms with van der Waals surface area (Å²) in [5.41, 5.74) is 2.26. The highest BCUT2D eigenvalue weighted by atomic mass is 16.7. The van der Waals surface area contributed by atoms with E-state index in [-0.39, 0.29) is 11.8 Å². The summed E-state index contributed by atoms with van der Waals surface area (Å²) in [5.74, 6) is -0.896. The maximum Gasteiger partial charge on any atom is 0.355 e. The van der Waals surface area contributed by atoms with Crippen molar-refractivity contribution < 1.29 is 14.4 Å². The molecular formula is C28H51NO3. The number of hydrogen-bond acceptors (Lipinski definition) is 3. The number of hydrogen-bond donors (Lipinski definition) is 1. The van der Waals surface area contributed by atoms with Gasteiger partial charge in [-0.15, -0.1) is 0 Å². The third kappa shape index (κ3) is 20.3. The van der Waals surface area contributed by atoms with Crippen LogP contribution in [-0.4, -0.2) is 11.9 Å². The Morgan fingerprint density at radius 2 is 1.22 bits per heavy atom. The summed E-state index contributed by atoms with van der Waals surface area (Å²) in [7, 11) is 0. The molecule has 0 aromatic heterocycles. The van der Waals surface area contributed by atoms with Gasteiger partial charge in [0.1, 0.15) is 0 Å². The minimum Gasteiger partial charge on any atom is -0.336 e. The second-order valence-electron chi connectivity index (χ2n) is 9.01. The lowest BCUT2D eigenvalue weighted by atomic mass is 9.95. The van der Waals surface area contributed by atoms with Crippen LogP contribution in [0, 0.1) is 5.92 Å². The van der Waals surface area contributed by atoms with Gasteiger partial charge in [-0.1, -0.05) is 116 Å². The summed E-state index contributed by atoms with van der Waals surface area (Å²) < 4.78 is 0. The molecule has 0 saturated carbocycles. The van der Waals surface area contributed by atoms with Crippen LogP contribution in [0.4, 0.5) is 0 Å². The lowest BCUT2D eigenvalue weighted by Gasteiger charge is -2.15. The summed E-state index contributed by atoms with van der Waals surface area (Å²) >= 11 is 0. The van der Waals surface area contributed by atoms with E-state index in [1.165, 1.54) is 96.3 Å². The molecule has 0 heterocycles. The fourth-order valence-electron chi connectivity index (χ4n) is 3.97. The number of carbonyl (C=O) groups excluding carboxylic acids is 2. The predicted octanol–water partition coefficient (Wildman–Crippen LogP) is 8.37. The monoisotopic (exact) mass is 449 g/mol. The van der Waals surface area contributed by atoms with E-state index in [1.54, 1.807) is 0 Å². The van der Waals surface area contributed by atoms with E-state index in [1.807, 2.05) is 0 Å². The molecule has 0 fully saturated rings. The van der Waals surface area contributed by atoms with Gasteiger partial charge in [-0.2, -0.15) is 5.48 Å². The Balaban J connectivity index is 3.52. The first-order chi connectivity index (χ1) is 15.7. The third-order valence-corrected chi connectivity index (χ3v) is 5.99. The van der Waals surface area contributed by atoms with Crippen LogP contribution in [0.15, 0.2) is 24.8 Å². The van der Waals surface area contributed by atoms with E-state index < -0.39 is 5.97 Å². The molecule has 4 heteroatoms. The van der Waals surface area contributed by atoms with Crippen molar-refractivity contribution in [2.75, 3.05) is 0 Å². The maximum atomic E-state index is 12.1. The summed E-state index contributed by atoms with van der Waals surface area (Å²) in [4.78, 5) is 27.9. The van der Waals surface area contributed by atoms with E-state index in [4.69, 9.17) is 0 Å². The molecule has 0 aliphatic carbocycles. The average molecular weight is 450 g/mol. The highest BCUT2D eigenvalue weighted by Crippen LogP contribution is 2.18. The first kappa shape index (κ1) is 30.4. The van der Waals surface area contributed by atoms with Crippen molar-refractivity contribution in [2.45, 2.75) is 136 Å². The summed E-state index contributed by atoms with van der Waals surface area (Å²) in [5, 5.41) is 0. The molecule has 0 saturated heterocycles. The first-order valence-corrected chi connectivity index (χ1v) is 13.4. The molecule has 0 radical (unpaired) electrons. The lowest BCUT2D eigenvalue weighted by Crippen LogP contribution is -2.32. The van der Waals surface area contributed by atoms with Crippen LogP contribution < -0.4 is 5.48 Å². The molecule has 1 N–H and O–H groups in total. The van der Waals surface area contributed by atoms with Crippen molar-refractivity contribution in [1.29, 1.82) is 0 Å². The number of allylic oxidation sites excluding steroid dienone is 2. The van der Waals surface area contributed by atoms with Crippen LogP contribution in [0.2, 0.25) is 0 Å².